The highest BCUT2D eigenvalue weighted by Gasteiger charge is 2.11. The lowest BCUT2D eigenvalue weighted by atomic mass is 10.1. The van der Waals surface area contributed by atoms with Crippen molar-refractivity contribution >= 4 is 0 Å². The van der Waals surface area contributed by atoms with Gasteiger partial charge in [-0.05, 0) is 51.5 Å². The number of nitrogens with zero attached hydrogens (tertiary/aromatic N) is 1. The molecule has 0 spiro atoms. The highest BCUT2D eigenvalue weighted by molar-refractivity contribution is 5.33. The van der Waals surface area contributed by atoms with Crippen LogP contribution in [0.4, 0.5) is 0 Å². The molecule has 0 aliphatic rings. The van der Waals surface area contributed by atoms with E-state index in [9.17, 15) is 0 Å². The lowest BCUT2D eigenvalue weighted by Crippen LogP contribution is -2.32. The minimum atomic E-state index is 0.498. The van der Waals surface area contributed by atoms with Crippen molar-refractivity contribution in [2.45, 2.75) is 25.8 Å². The molecule has 1 rings (SSSR count). The Labute approximate surface area is 105 Å². The molecule has 0 fully saturated rings. The molecule has 1 atom stereocenters. The highest BCUT2D eigenvalue weighted by Crippen LogP contribution is 2.20. The molecule has 0 heterocycles. The quantitative estimate of drug-likeness (QED) is 0.786. The van der Waals surface area contributed by atoms with Crippen molar-refractivity contribution in [3.05, 3.63) is 29.8 Å². The molecule has 0 bridgehead atoms. The van der Waals surface area contributed by atoms with E-state index in [1.807, 2.05) is 12.1 Å². The van der Waals surface area contributed by atoms with Crippen LogP contribution in [0.15, 0.2) is 24.3 Å². The van der Waals surface area contributed by atoms with Crippen LogP contribution in [0.3, 0.4) is 0 Å². The molecule has 0 saturated carbocycles. The monoisotopic (exact) mass is 236 g/mol. The summed E-state index contributed by atoms with van der Waals surface area (Å²) in [7, 11) is 3.87. The smallest absolute Gasteiger partial charge is 0.122 e. The summed E-state index contributed by atoms with van der Waals surface area (Å²) in [6.07, 6.45) is 2.05. The molecule has 17 heavy (non-hydrogen) atoms. The van der Waals surface area contributed by atoms with Crippen molar-refractivity contribution in [1.82, 2.24) is 4.90 Å². The van der Waals surface area contributed by atoms with Gasteiger partial charge in [-0.3, -0.25) is 0 Å². The van der Waals surface area contributed by atoms with E-state index >= 15 is 0 Å². The van der Waals surface area contributed by atoms with Gasteiger partial charge in [0.25, 0.3) is 0 Å². The average Bonchev–Trinajstić information content (AvgIpc) is 2.36. The normalized spacial score (nSPS) is 12.8. The van der Waals surface area contributed by atoms with Crippen LogP contribution in [0.5, 0.6) is 5.75 Å². The van der Waals surface area contributed by atoms with Gasteiger partial charge in [0.2, 0.25) is 0 Å². The van der Waals surface area contributed by atoms with Crippen LogP contribution in [0, 0.1) is 0 Å². The molecule has 0 saturated heterocycles. The Balaban J connectivity index is 2.57. The summed E-state index contributed by atoms with van der Waals surface area (Å²) in [6.45, 7) is 4.04. The maximum Gasteiger partial charge on any atom is 0.122 e. The van der Waals surface area contributed by atoms with Gasteiger partial charge in [0, 0.05) is 6.04 Å². The van der Waals surface area contributed by atoms with Gasteiger partial charge in [0.15, 0.2) is 0 Å². The second kappa shape index (κ2) is 7.30. The average molecular weight is 236 g/mol. The number of nitrogens with two attached hydrogens (primary N) is 1. The summed E-state index contributed by atoms with van der Waals surface area (Å²) in [4.78, 5) is 2.35. The summed E-state index contributed by atoms with van der Waals surface area (Å²) in [6, 6.07) is 8.71. The molecule has 1 aromatic rings. The Morgan fingerprint density at radius 1 is 1.35 bits per heavy atom. The lowest BCUT2D eigenvalue weighted by molar-refractivity contribution is 0.253. The van der Waals surface area contributed by atoms with E-state index < -0.39 is 0 Å². The molecule has 2 N–H and O–H groups in total. The molecule has 0 aromatic heterocycles. The lowest BCUT2D eigenvalue weighted by Gasteiger charge is -2.25. The van der Waals surface area contributed by atoms with Crippen LogP contribution in [0.25, 0.3) is 0 Å². The van der Waals surface area contributed by atoms with Gasteiger partial charge in [-0.15, -0.1) is 0 Å². The van der Waals surface area contributed by atoms with E-state index in [-0.39, 0.29) is 0 Å². The van der Waals surface area contributed by atoms with Crippen LogP contribution < -0.4 is 10.5 Å². The maximum absolute atomic E-state index is 5.53. The molecule has 0 aliphatic carbocycles. The Morgan fingerprint density at radius 2 is 2.06 bits per heavy atom. The van der Waals surface area contributed by atoms with Crippen molar-refractivity contribution < 1.29 is 4.74 Å². The van der Waals surface area contributed by atoms with Crippen molar-refractivity contribution in [2.24, 2.45) is 5.73 Å². The fourth-order valence-electron chi connectivity index (χ4n) is 1.91. The van der Waals surface area contributed by atoms with Gasteiger partial charge in [-0.25, -0.2) is 0 Å². The minimum absolute atomic E-state index is 0.498. The third-order valence-electron chi connectivity index (χ3n) is 3.18. The molecular weight excluding hydrogens is 212 g/mol. The molecule has 1 unspecified atom stereocenters. The Bertz CT molecular complexity index is 328. The molecule has 1 aromatic carbocycles. The van der Waals surface area contributed by atoms with Gasteiger partial charge in [-0.1, -0.05) is 18.2 Å². The first kappa shape index (κ1) is 14.0. The van der Waals surface area contributed by atoms with Crippen molar-refractivity contribution in [1.29, 1.82) is 0 Å². The number of para-hydroxylation sites is 1. The van der Waals surface area contributed by atoms with Crippen molar-refractivity contribution in [3.63, 3.8) is 0 Å². The van der Waals surface area contributed by atoms with Crippen LogP contribution in [-0.2, 0) is 6.42 Å². The van der Waals surface area contributed by atoms with Gasteiger partial charge in [-0.2, -0.15) is 0 Å². The van der Waals surface area contributed by atoms with E-state index in [4.69, 9.17) is 10.5 Å². The van der Waals surface area contributed by atoms with Crippen LogP contribution in [-0.4, -0.2) is 38.2 Å². The predicted molar refractivity (Wildman–Crippen MR) is 72.5 cm³/mol. The van der Waals surface area contributed by atoms with Gasteiger partial charge >= 0.3 is 0 Å². The molecule has 3 heteroatoms. The van der Waals surface area contributed by atoms with Crippen molar-refractivity contribution in [3.8, 4) is 5.75 Å². The Kier molecular flexibility index (Phi) is 6.01. The topological polar surface area (TPSA) is 38.5 Å². The zero-order valence-corrected chi connectivity index (χ0v) is 11.1. The SMILES string of the molecule is COc1ccccc1CC(C)N(C)CCCN. The summed E-state index contributed by atoms with van der Waals surface area (Å²) in [5.41, 5.74) is 6.79. The number of methoxy groups -OCH3 is 1. The molecule has 0 aliphatic heterocycles. The van der Waals surface area contributed by atoms with Crippen molar-refractivity contribution in [2.75, 3.05) is 27.2 Å². The minimum Gasteiger partial charge on any atom is -0.496 e. The standard InChI is InChI=1S/C14H24N2O/c1-12(16(2)10-6-9-15)11-13-7-4-5-8-14(13)17-3/h4-5,7-8,12H,6,9-11,15H2,1-3H3. The fourth-order valence-corrected chi connectivity index (χ4v) is 1.91. The highest BCUT2D eigenvalue weighted by atomic mass is 16.5. The Morgan fingerprint density at radius 3 is 2.71 bits per heavy atom. The summed E-state index contributed by atoms with van der Waals surface area (Å²) >= 11 is 0. The predicted octanol–water partition coefficient (Wildman–Crippen LogP) is 1.91. The van der Waals surface area contributed by atoms with E-state index in [1.54, 1.807) is 7.11 Å². The third-order valence-corrected chi connectivity index (χ3v) is 3.18. The summed E-state index contributed by atoms with van der Waals surface area (Å²) in [5, 5.41) is 0. The summed E-state index contributed by atoms with van der Waals surface area (Å²) < 4.78 is 5.37. The molecule has 0 amide bonds. The van der Waals surface area contributed by atoms with E-state index in [2.05, 4.69) is 31.0 Å². The number of hydrogen-bond acceptors (Lipinski definition) is 3. The van der Waals surface area contributed by atoms with Crippen LogP contribution in [0.2, 0.25) is 0 Å². The fraction of sp³-hybridized carbons (Fsp3) is 0.571. The summed E-state index contributed by atoms with van der Waals surface area (Å²) in [5.74, 6) is 0.978. The number of likely N-dealkylation sites (N-methyl/N-ethyl adjacent to an activating group) is 1. The first-order chi connectivity index (χ1) is 8.19. The number of benzene rings is 1. The Hall–Kier alpha value is -1.06. The number of ether oxygens (including phenoxy) is 1. The van der Waals surface area contributed by atoms with Gasteiger partial charge in [0.1, 0.15) is 5.75 Å². The largest absolute Gasteiger partial charge is 0.496 e. The zero-order chi connectivity index (χ0) is 12.7. The molecule has 96 valence electrons. The van der Waals surface area contributed by atoms with E-state index in [0.717, 1.165) is 31.7 Å². The maximum atomic E-state index is 5.53. The first-order valence-electron chi connectivity index (χ1n) is 6.21. The second-order valence-electron chi connectivity index (χ2n) is 4.49. The van der Waals surface area contributed by atoms with E-state index in [1.165, 1.54) is 5.56 Å². The third kappa shape index (κ3) is 4.36. The molecular formula is C14H24N2O. The van der Waals surface area contributed by atoms with Crippen LogP contribution in [0.1, 0.15) is 18.9 Å². The second-order valence-corrected chi connectivity index (χ2v) is 4.49. The first-order valence-corrected chi connectivity index (χ1v) is 6.21. The molecule has 3 nitrogen and oxygen atoms in total. The van der Waals surface area contributed by atoms with Gasteiger partial charge < -0.3 is 15.4 Å². The van der Waals surface area contributed by atoms with Gasteiger partial charge in [0.05, 0.1) is 7.11 Å². The zero-order valence-electron chi connectivity index (χ0n) is 11.1. The van der Waals surface area contributed by atoms with E-state index in [0.29, 0.717) is 6.04 Å². The van der Waals surface area contributed by atoms with Crippen LogP contribution >= 0.6 is 0 Å². The molecule has 0 radical (unpaired) electrons. The number of rotatable bonds is 7. The number of hydrogen-bond donors (Lipinski definition) is 1.